The molecule has 0 bridgehead atoms. The molecule has 2 fully saturated rings. The van der Waals surface area contributed by atoms with Crippen molar-refractivity contribution < 1.29 is 33.0 Å². The van der Waals surface area contributed by atoms with Crippen molar-refractivity contribution in [3.63, 3.8) is 0 Å². The standard InChI is InChI=1S/C25H28F2N4O5/c1-24(2,3)36-23(35)30-8-6-25(7-9-30,22(33)34)28-21(32)19-16-11-13-10-15(13)20(16)31(29-19)18-5-4-14(26)12-17(18)27/h4-5,12-13,15H,6-11H2,1-3H3,(H,28,32)(H,33,34)/t13-,15-/m1/s1. The predicted molar refractivity (Wildman–Crippen MR) is 123 cm³/mol. The first-order chi connectivity index (χ1) is 16.9. The summed E-state index contributed by atoms with van der Waals surface area (Å²) in [5.74, 6) is -2.91. The minimum atomic E-state index is -1.59. The van der Waals surface area contributed by atoms with Crippen molar-refractivity contribution in [1.29, 1.82) is 0 Å². The van der Waals surface area contributed by atoms with Gasteiger partial charge in [-0.25, -0.2) is 23.1 Å². The maximum absolute atomic E-state index is 14.6. The van der Waals surface area contributed by atoms with Crippen LogP contribution in [0, 0.1) is 17.6 Å². The normalized spacial score (nSPS) is 22.0. The number of benzene rings is 1. The Morgan fingerprint density at radius 2 is 1.89 bits per heavy atom. The topological polar surface area (TPSA) is 114 Å². The smallest absolute Gasteiger partial charge is 0.410 e. The van der Waals surface area contributed by atoms with Crippen molar-refractivity contribution in [1.82, 2.24) is 20.0 Å². The third kappa shape index (κ3) is 4.20. The Balaban J connectivity index is 1.39. The molecule has 0 unspecified atom stereocenters. The first kappa shape index (κ1) is 24.2. The lowest BCUT2D eigenvalue weighted by atomic mass is 9.87. The van der Waals surface area contributed by atoms with Gasteiger partial charge in [-0.1, -0.05) is 0 Å². The second-order valence-corrected chi connectivity index (χ2v) is 10.8. The summed E-state index contributed by atoms with van der Waals surface area (Å²) in [5.41, 5.74) is -0.788. The molecule has 11 heteroatoms. The van der Waals surface area contributed by atoms with Gasteiger partial charge in [0.05, 0.1) is 5.69 Å². The van der Waals surface area contributed by atoms with Crippen LogP contribution >= 0.6 is 0 Å². The molecule has 2 heterocycles. The monoisotopic (exact) mass is 502 g/mol. The van der Waals surface area contributed by atoms with Gasteiger partial charge in [0.15, 0.2) is 11.5 Å². The molecule has 1 aliphatic heterocycles. The van der Waals surface area contributed by atoms with E-state index in [0.717, 1.165) is 24.2 Å². The zero-order valence-electron chi connectivity index (χ0n) is 20.3. The molecule has 1 saturated carbocycles. The molecule has 9 nitrogen and oxygen atoms in total. The SMILES string of the molecule is CC(C)(C)OC(=O)N1CCC(NC(=O)c2nn(-c3ccc(F)cc3F)c3c2C[C@H]2C[C@@H]32)(C(=O)O)CC1. The number of nitrogens with one attached hydrogen (secondary N) is 1. The van der Waals surface area contributed by atoms with E-state index < -0.39 is 40.7 Å². The number of fused-ring (bicyclic) bond motifs is 3. The van der Waals surface area contributed by atoms with E-state index in [1.807, 2.05) is 0 Å². The van der Waals surface area contributed by atoms with Crippen LogP contribution < -0.4 is 5.32 Å². The van der Waals surface area contributed by atoms with Gasteiger partial charge in [-0.3, -0.25) is 4.79 Å². The lowest BCUT2D eigenvalue weighted by Gasteiger charge is -2.39. The molecule has 2 aromatic rings. The number of carbonyl (C=O) groups is 3. The van der Waals surface area contributed by atoms with Crippen molar-refractivity contribution in [2.45, 2.75) is 63.5 Å². The van der Waals surface area contributed by atoms with Crippen LogP contribution in [0.15, 0.2) is 18.2 Å². The second-order valence-electron chi connectivity index (χ2n) is 10.8. The molecule has 1 saturated heterocycles. The van der Waals surface area contributed by atoms with Crippen molar-refractivity contribution in [2.24, 2.45) is 5.92 Å². The maximum atomic E-state index is 14.6. The molecule has 5 rings (SSSR count). The number of carboxylic acids is 1. The number of carboxylic acid groups (broad SMARTS) is 1. The number of amides is 2. The number of aliphatic carboxylic acids is 1. The molecule has 3 aliphatic rings. The minimum Gasteiger partial charge on any atom is -0.480 e. The van der Waals surface area contributed by atoms with Gasteiger partial charge < -0.3 is 20.1 Å². The summed E-state index contributed by atoms with van der Waals surface area (Å²) in [6, 6.07) is 3.17. The van der Waals surface area contributed by atoms with Crippen molar-refractivity contribution >= 4 is 18.0 Å². The number of hydrogen-bond donors (Lipinski definition) is 2. The number of piperidine rings is 1. The molecule has 2 aliphatic carbocycles. The maximum Gasteiger partial charge on any atom is 0.410 e. The molecule has 2 N–H and O–H groups in total. The van der Waals surface area contributed by atoms with Crippen LogP contribution in [-0.2, 0) is 16.0 Å². The highest BCUT2D eigenvalue weighted by Gasteiger charge is 2.51. The first-order valence-corrected chi connectivity index (χ1v) is 12.0. The van der Waals surface area contributed by atoms with Gasteiger partial charge in [0.2, 0.25) is 0 Å². The van der Waals surface area contributed by atoms with E-state index in [0.29, 0.717) is 17.9 Å². The quantitative estimate of drug-likeness (QED) is 0.663. The Hall–Kier alpha value is -3.50. The highest BCUT2D eigenvalue weighted by molar-refractivity contribution is 5.98. The fraction of sp³-hybridized carbons (Fsp3) is 0.520. The van der Waals surface area contributed by atoms with Crippen LogP contribution in [0.1, 0.15) is 67.7 Å². The summed E-state index contributed by atoms with van der Waals surface area (Å²) in [6.45, 7) is 5.43. The summed E-state index contributed by atoms with van der Waals surface area (Å²) in [6.07, 6.45) is 0.951. The van der Waals surface area contributed by atoms with E-state index >= 15 is 0 Å². The third-order valence-corrected chi connectivity index (χ3v) is 7.15. The zero-order chi connectivity index (χ0) is 26.0. The Bertz CT molecular complexity index is 1260. The minimum absolute atomic E-state index is 0.00590. The fourth-order valence-electron chi connectivity index (χ4n) is 5.20. The van der Waals surface area contributed by atoms with E-state index in [2.05, 4.69) is 10.4 Å². The molecular weight excluding hydrogens is 474 g/mol. The van der Waals surface area contributed by atoms with E-state index in [1.54, 1.807) is 20.8 Å². The Morgan fingerprint density at radius 1 is 1.19 bits per heavy atom. The van der Waals surface area contributed by atoms with E-state index in [-0.39, 0.29) is 43.2 Å². The molecule has 36 heavy (non-hydrogen) atoms. The molecule has 0 radical (unpaired) electrons. The Labute approximate surface area is 206 Å². The molecule has 1 aromatic heterocycles. The number of ether oxygens (including phenoxy) is 1. The second kappa shape index (κ2) is 8.28. The molecule has 2 atom stereocenters. The molecule has 192 valence electrons. The van der Waals surface area contributed by atoms with Gasteiger partial charge in [0, 0.05) is 30.6 Å². The van der Waals surface area contributed by atoms with E-state index in [4.69, 9.17) is 4.74 Å². The number of likely N-dealkylation sites (tertiary alicyclic amines) is 1. The van der Waals surface area contributed by atoms with Crippen LogP contribution in [-0.4, -0.2) is 62.0 Å². The van der Waals surface area contributed by atoms with E-state index in [9.17, 15) is 28.3 Å². The van der Waals surface area contributed by atoms with Crippen LogP contribution in [0.4, 0.5) is 13.6 Å². The van der Waals surface area contributed by atoms with Gasteiger partial charge in [0.25, 0.3) is 5.91 Å². The lowest BCUT2D eigenvalue weighted by Crippen LogP contribution is -2.61. The average molecular weight is 503 g/mol. The van der Waals surface area contributed by atoms with Crippen molar-refractivity contribution in [3.05, 3.63) is 46.8 Å². The van der Waals surface area contributed by atoms with Gasteiger partial charge in [-0.15, -0.1) is 0 Å². The zero-order valence-corrected chi connectivity index (χ0v) is 20.3. The largest absolute Gasteiger partial charge is 0.480 e. The highest BCUT2D eigenvalue weighted by atomic mass is 19.1. The average Bonchev–Trinajstić information content (AvgIpc) is 3.28. The molecule has 0 spiro atoms. The summed E-state index contributed by atoms with van der Waals surface area (Å²) >= 11 is 0. The van der Waals surface area contributed by atoms with Gasteiger partial charge in [-0.2, -0.15) is 5.10 Å². The molecule has 1 aromatic carbocycles. The van der Waals surface area contributed by atoms with Crippen LogP contribution in [0.5, 0.6) is 0 Å². The fourth-order valence-corrected chi connectivity index (χ4v) is 5.20. The number of halogens is 2. The van der Waals surface area contributed by atoms with Crippen LogP contribution in [0.3, 0.4) is 0 Å². The molecule has 2 amide bonds. The first-order valence-electron chi connectivity index (χ1n) is 12.0. The van der Waals surface area contributed by atoms with Gasteiger partial charge in [0.1, 0.15) is 22.6 Å². The third-order valence-electron chi connectivity index (χ3n) is 7.15. The summed E-state index contributed by atoms with van der Waals surface area (Å²) < 4.78 is 34.8. The lowest BCUT2D eigenvalue weighted by molar-refractivity contribution is -0.146. The summed E-state index contributed by atoms with van der Waals surface area (Å²) in [4.78, 5) is 39.5. The predicted octanol–water partition coefficient (Wildman–Crippen LogP) is 3.39. The number of rotatable bonds is 4. The number of hydrogen-bond acceptors (Lipinski definition) is 5. The Kier molecular flexibility index (Phi) is 5.57. The summed E-state index contributed by atoms with van der Waals surface area (Å²) in [5, 5.41) is 17.1. The highest BCUT2D eigenvalue weighted by Crippen LogP contribution is 2.57. The molecular formula is C25H28F2N4O5. The Morgan fingerprint density at radius 3 is 2.50 bits per heavy atom. The number of aromatic nitrogens is 2. The number of carbonyl (C=O) groups excluding carboxylic acids is 2. The van der Waals surface area contributed by atoms with Gasteiger partial charge >= 0.3 is 12.1 Å². The number of nitrogens with zero attached hydrogens (tertiary/aromatic N) is 3. The van der Waals surface area contributed by atoms with E-state index in [1.165, 1.54) is 15.6 Å². The van der Waals surface area contributed by atoms with Crippen molar-refractivity contribution in [3.8, 4) is 5.69 Å². The van der Waals surface area contributed by atoms with Gasteiger partial charge in [-0.05, 0) is 64.5 Å². The van der Waals surface area contributed by atoms with Crippen LogP contribution in [0.25, 0.3) is 5.69 Å². The van der Waals surface area contributed by atoms with Crippen molar-refractivity contribution in [2.75, 3.05) is 13.1 Å². The summed E-state index contributed by atoms with van der Waals surface area (Å²) in [7, 11) is 0. The van der Waals surface area contributed by atoms with Crippen LogP contribution in [0.2, 0.25) is 0 Å².